The second kappa shape index (κ2) is 16.5. The van der Waals surface area contributed by atoms with Crippen LogP contribution in [-0.4, -0.2) is 19.9 Å². The first-order valence-corrected chi connectivity index (χ1v) is 23.5. The Balaban J connectivity index is 0.875. The average Bonchev–Trinajstić information content (AvgIpc) is 4.00. The van der Waals surface area contributed by atoms with Gasteiger partial charge in [0.05, 0.1) is 15.9 Å². The molecule has 5 nitrogen and oxygen atoms in total. The lowest BCUT2D eigenvalue weighted by molar-refractivity contribution is 0.667. The fourth-order valence-electron chi connectivity index (χ4n) is 9.29. The number of hydrogen-bond donors (Lipinski definition) is 0. The van der Waals surface area contributed by atoms with Crippen LogP contribution in [0.2, 0.25) is 0 Å². The summed E-state index contributed by atoms with van der Waals surface area (Å²) in [5, 5.41) is 2.10. The molecule has 0 saturated carbocycles. The highest BCUT2D eigenvalue weighted by Gasteiger charge is 2.20. The lowest BCUT2D eigenvalue weighted by atomic mass is 9.96. The van der Waals surface area contributed by atoms with Crippen LogP contribution in [0, 0.1) is 0 Å². The molecule has 0 spiro atoms. The smallest absolute Gasteiger partial charge is 0.180 e. The lowest BCUT2D eigenvalue weighted by Crippen LogP contribution is -1.94. The fourth-order valence-corrected chi connectivity index (χ4v) is 10.4. The molecule has 0 N–H and O–H groups in total. The van der Waals surface area contributed by atoms with Gasteiger partial charge in [-0.1, -0.05) is 194 Å². The van der Waals surface area contributed by atoms with Crippen molar-refractivity contribution in [2.24, 2.45) is 0 Å². The highest BCUT2D eigenvalue weighted by molar-refractivity contribution is 7.26. The average molecular weight is 887 g/mol. The molecular formula is C62H38N4OS. The summed E-state index contributed by atoms with van der Waals surface area (Å²) < 4.78 is 8.81. The Morgan fingerprint density at radius 1 is 0.294 bits per heavy atom. The number of para-hydroxylation sites is 1. The van der Waals surface area contributed by atoms with E-state index in [2.05, 4.69) is 200 Å². The number of furan rings is 1. The van der Waals surface area contributed by atoms with Crippen LogP contribution in [0.25, 0.3) is 132 Å². The summed E-state index contributed by atoms with van der Waals surface area (Å²) in [5.74, 6) is 1.36. The molecule has 0 radical (unpaired) electrons. The molecule has 0 aliphatic heterocycles. The molecule has 0 unspecified atom stereocenters. The second-order valence-corrected chi connectivity index (χ2v) is 18.0. The van der Waals surface area contributed by atoms with Gasteiger partial charge in [-0.05, 0) is 80.9 Å². The van der Waals surface area contributed by atoms with E-state index in [9.17, 15) is 0 Å². The van der Waals surface area contributed by atoms with Gasteiger partial charge in [-0.2, -0.15) is 0 Å². The molecule has 4 aromatic heterocycles. The summed E-state index contributed by atoms with van der Waals surface area (Å²) in [4.78, 5) is 20.9. The van der Waals surface area contributed by atoms with Crippen LogP contribution in [0.1, 0.15) is 0 Å². The van der Waals surface area contributed by atoms with Crippen molar-refractivity contribution in [3.8, 4) is 89.8 Å². The molecule has 68 heavy (non-hydrogen) atoms. The van der Waals surface area contributed by atoms with Crippen LogP contribution in [0.4, 0.5) is 0 Å². The summed E-state index contributed by atoms with van der Waals surface area (Å²) >= 11 is 1.75. The highest BCUT2D eigenvalue weighted by atomic mass is 32.1. The standard InChI is InChI=1S/C62H38N4OS/c1-3-14-39(15-4-1)41-28-32-43(33-29-41)61-63-55(59-57(65-61)51-24-7-9-26-53(51)67-59)49-22-12-20-47(37-49)45-18-11-19-46(36-45)48-21-13-23-50(38-48)56-60-58(52-25-8-10-27-54(52)68-60)66-62(64-56)44-34-30-42(31-35-44)40-16-5-2-6-17-40/h1-38H. The van der Waals surface area contributed by atoms with E-state index in [4.69, 9.17) is 24.4 Å². The van der Waals surface area contributed by atoms with E-state index in [1.807, 2.05) is 30.3 Å². The molecule has 318 valence electrons. The Labute approximate surface area is 396 Å². The van der Waals surface area contributed by atoms with Crippen LogP contribution in [-0.2, 0) is 0 Å². The minimum Gasteiger partial charge on any atom is -0.452 e. The van der Waals surface area contributed by atoms with Crippen LogP contribution in [0.3, 0.4) is 0 Å². The largest absolute Gasteiger partial charge is 0.452 e. The van der Waals surface area contributed by atoms with Gasteiger partial charge in [0.1, 0.15) is 16.8 Å². The molecule has 0 aliphatic carbocycles. The number of aromatic nitrogens is 4. The van der Waals surface area contributed by atoms with Gasteiger partial charge >= 0.3 is 0 Å². The molecule has 0 saturated heterocycles. The second-order valence-electron chi connectivity index (χ2n) is 17.0. The van der Waals surface area contributed by atoms with Crippen LogP contribution in [0.5, 0.6) is 0 Å². The van der Waals surface area contributed by atoms with Gasteiger partial charge in [-0.25, -0.2) is 19.9 Å². The molecule has 13 rings (SSSR count). The molecule has 0 atom stereocenters. The molecule has 4 heterocycles. The van der Waals surface area contributed by atoms with Crippen molar-refractivity contribution in [2.45, 2.75) is 0 Å². The Kier molecular flexibility index (Phi) is 9.62. The van der Waals surface area contributed by atoms with E-state index >= 15 is 0 Å². The fraction of sp³-hybridized carbons (Fsp3) is 0. The third-order valence-corrected chi connectivity index (χ3v) is 13.9. The first kappa shape index (κ1) is 39.5. The third-order valence-electron chi connectivity index (χ3n) is 12.7. The third kappa shape index (κ3) is 7.12. The Morgan fingerprint density at radius 3 is 1.29 bits per heavy atom. The van der Waals surface area contributed by atoms with Gasteiger partial charge in [0.15, 0.2) is 17.2 Å². The Bertz CT molecular complexity index is 3750. The van der Waals surface area contributed by atoms with Crippen LogP contribution >= 0.6 is 11.3 Å². The normalized spacial score (nSPS) is 11.5. The van der Waals surface area contributed by atoms with Crippen molar-refractivity contribution in [3.63, 3.8) is 0 Å². The molecule has 9 aromatic carbocycles. The predicted molar refractivity (Wildman–Crippen MR) is 281 cm³/mol. The molecule has 0 fully saturated rings. The molecule has 6 heteroatoms. The van der Waals surface area contributed by atoms with Gasteiger partial charge in [0, 0.05) is 37.7 Å². The number of thiophene rings is 1. The minimum absolute atomic E-state index is 0.649. The number of benzene rings is 9. The summed E-state index contributed by atoms with van der Waals surface area (Å²) in [7, 11) is 0. The summed E-state index contributed by atoms with van der Waals surface area (Å²) in [6.07, 6.45) is 0. The molecule has 0 aliphatic rings. The summed E-state index contributed by atoms with van der Waals surface area (Å²) in [5.41, 5.74) is 17.8. The predicted octanol–water partition coefficient (Wildman–Crippen LogP) is 16.9. The summed E-state index contributed by atoms with van der Waals surface area (Å²) in [6, 6.07) is 80.6. The van der Waals surface area contributed by atoms with Crippen molar-refractivity contribution >= 4 is 53.7 Å². The minimum atomic E-state index is 0.649. The van der Waals surface area contributed by atoms with E-state index in [-0.39, 0.29) is 0 Å². The van der Waals surface area contributed by atoms with Crippen LogP contribution < -0.4 is 0 Å². The molecule has 0 bridgehead atoms. The topological polar surface area (TPSA) is 64.7 Å². The number of fused-ring (bicyclic) bond motifs is 6. The maximum absolute atomic E-state index is 6.54. The van der Waals surface area contributed by atoms with Crippen molar-refractivity contribution < 1.29 is 4.42 Å². The zero-order chi connectivity index (χ0) is 45.0. The van der Waals surface area contributed by atoms with E-state index < -0.39 is 0 Å². The molecule has 0 amide bonds. The number of nitrogens with zero attached hydrogens (tertiary/aromatic N) is 4. The van der Waals surface area contributed by atoms with Crippen LogP contribution in [0.15, 0.2) is 235 Å². The maximum atomic E-state index is 6.54. The zero-order valence-corrected chi connectivity index (χ0v) is 37.4. The number of rotatable bonds is 8. The van der Waals surface area contributed by atoms with E-state index in [1.165, 1.54) is 15.8 Å². The van der Waals surface area contributed by atoms with Gasteiger partial charge in [0.2, 0.25) is 0 Å². The number of hydrogen-bond acceptors (Lipinski definition) is 6. The van der Waals surface area contributed by atoms with Crippen molar-refractivity contribution in [1.82, 2.24) is 19.9 Å². The monoisotopic (exact) mass is 886 g/mol. The molecular weight excluding hydrogens is 849 g/mol. The first-order valence-electron chi connectivity index (χ1n) is 22.7. The van der Waals surface area contributed by atoms with E-state index in [0.717, 1.165) is 99.1 Å². The zero-order valence-electron chi connectivity index (χ0n) is 36.5. The van der Waals surface area contributed by atoms with Gasteiger partial charge < -0.3 is 4.42 Å². The van der Waals surface area contributed by atoms with Crippen molar-refractivity contribution in [1.29, 1.82) is 0 Å². The van der Waals surface area contributed by atoms with Gasteiger partial charge in [-0.3, -0.25) is 0 Å². The van der Waals surface area contributed by atoms with Gasteiger partial charge in [-0.15, -0.1) is 11.3 Å². The van der Waals surface area contributed by atoms with E-state index in [1.54, 1.807) is 11.3 Å². The van der Waals surface area contributed by atoms with E-state index in [0.29, 0.717) is 17.2 Å². The summed E-state index contributed by atoms with van der Waals surface area (Å²) in [6.45, 7) is 0. The lowest BCUT2D eigenvalue weighted by Gasteiger charge is -2.11. The highest BCUT2D eigenvalue weighted by Crippen LogP contribution is 2.42. The van der Waals surface area contributed by atoms with Crippen molar-refractivity contribution in [2.75, 3.05) is 0 Å². The Hall–Kier alpha value is -8.84. The maximum Gasteiger partial charge on any atom is 0.180 e. The first-order chi connectivity index (χ1) is 33.7. The molecule has 13 aromatic rings. The Morgan fingerprint density at radius 2 is 0.706 bits per heavy atom. The van der Waals surface area contributed by atoms with Crippen molar-refractivity contribution in [3.05, 3.63) is 231 Å². The quantitative estimate of drug-likeness (QED) is 0.152. The SMILES string of the molecule is c1ccc(-c2ccc(-c3nc(-c4cccc(-c5cccc(-c6cccc(-c7nc(-c8ccc(-c9ccccc9)cc8)nc8c7sc7ccccc78)c6)c5)c4)c4oc5ccccc5c4n3)cc2)cc1. The van der Waals surface area contributed by atoms with Gasteiger partial charge in [0.25, 0.3) is 0 Å².